The molecule has 1 N–H and O–H groups in total. The maximum atomic E-state index is 13.7. The number of fused-ring (bicyclic) bond motifs is 1. The number of benzene rings is 1. The molecule has 1 aliphatic carbocycles. The number of anilines is 1. The van der Waals surface area contributed by atoms with Crippen molar-refractivity contribution in [1.82, 2.24) is 4.98 Å². The summed E-state index contributed by atoms with van der Waals surface area (Å²) in [7, 11) is 0. The summed E-state index contributed by atoms with van der Waals surface area (Å²) < 4.78 is 27.3. The second-order valence-corrected chi connectivity index (χ2v) is 8.38. The van der Waals surface area contributed by atoms with Crippen molar-refractivity contribution in [3.8, 4) is 0 Å². The van der Waals surface area contributed by atoms with Gasteiger partial charge in [0.2, 0.25) is 5.91 Å². The Hall–Kier alpha value is -1.56. The molecule has 1 aromatic carbocycles. The number of nitrogens with zero attached hydrogens (tertiary/aromatic N) is 1. The number of amides is 1. The maximum Gasteiger partial charge on any atom is 0.229 e. The first-order chi connectivity index (χ1) is 10.7. The largest absolute Gasteiger partial charge is 0.302 e. The van der Waals surface area contributed by atoms with Crippen LogP contribution in [0.1, 0.15) is 40.0 Å². The van der Waals surface area contributed by atoms with E-state index in [1.54, 1.807) is 0 Å². The first-order valence-corrected chi connectivity index (χ1v) is 8.61. The lowest BCUT2D eigenvalue weighted by Gasteiger charge is -2.38. The van der Waals surface area contributed by atoms with Crippen molar-refractivity contribution < 1.29 is 13.6 Å². The highest BCUT2D eigenvalue weighted by Gasteiger charge is 2.35. The Bertz CT molecular complexity index is 756. The van der Waals surface area contributed by atoms with E-state index in [2.05, 4.69) is 31.1 Å². The van der Waals surface area contributed by atoms with Crippen LogP contribution in [-0.4, -0.2) is 10.9 Å². The van der Waals surface area contributed by atoms with Crippen LogP contribution in [0.4, 0.5) is 13.9 Å². The third-order valence-corrected chi connectivity index (χ3v) is 5.32. The minimum absolute atomic E-state index is 0.0673. The van der Waals surface area contributed by atoms with Crippen LogP contribution in [0.15, 0.2) is 12.1 Å². The van der Waals surface area contributed by atoms with Crippen molar-refractivity contribution in [1.29, 1.82) is 0 Å². The van der Waals surface area contributed by atoms with Crippen LogP contribution < -0.4 is 5.32 Å². The molecule has 6 heteroatoms. The van der Waals surface area contributed by atoms with Crippen molar-refractivity contribution in [3.63, 3.8) is 0 Å². The number of aromatic nitrogens is 1. The molecule has 0 spiro atoms. The fourth-order valence-corrected chi connectivity index (χ4v) is 4.67. The molecule has 0 bridgehead atoms. The van der Waals surface area contributed by atoms with Crippen LogP contribution >= 0.6 is 11.3 Å². The molecule has 1 heterocycles. The minimum atomic E-state index is -0.704. The Morgan fingerprint density at radius 1 is 1.35 bits per heavy atom. The van der Waals surface area contributed by atoms with Crippen molar-refractivity contribution >= 4 is 32.6 Å². The zero-order valence-electron chi connectivity index (χ0n) is 13.5. The van der Waals surface area contributed by atoms with Gasteiger partial charge in [-0.25, -0.2) is 13.8 Å². The van der Waals surface area contributed by atoms with Crippen molar-refractivity contribution in [2.75, 3.05) is 5.32 Å². The predicted molar refractivity (Wildman–Crippen MR) is 88.5 cm³/mol. The second-order valence-electron chi connectivity index (χ2n) is 7.35. The van der Waals surface area contributed by atoms with Gasteiger partial charge >= 0.3 is 0 Å². The van der Waals surface area contributed by atoms with Crippen molar-refractivity contribution in [2.24, 2.45) is 17.3 Å². The highest BCUT2D eigenvalue weighted by Crippen LogP contribution is 2.42. The molecule has 0 radical (unpaired) electrons. The van der Waals surface area contributed by atoms with Gasteiger partial charge in [-0.15, -0.1) is 0 Å². The molecule has 0 saturated heterocycles. The van der Waals surface area contributed by atoms with E-state index >= 15 is 0 Å². The summed E-state index contributed by atoms with van der Waals surface area (Å²) >= 11 is 1.10. The normalized spacial score (nSPS) is 23.9. The van der Waals surface area contributed by atoms with Crippen LogP contribution in [0.25, 0.3) is 10.2 Å². The van der Waals surface area contributed by atoms with E-state index < -0.39 is 11.6 Å². The van der Waals surface area contributed by atoms with Crippen LogP contribution in [-0.2, 0) is 4.79 Å². The first-order valence-electron chi connectivity index (χ1n) is 7.80. The Kier molecular flexibility index (Phi) is 4.12. The molecule has 1 amide bonds. The van der Waals surface area contributed by atoms with Crippen LogP contribution in [0.3, 0.4) is 0 Å². The maximum absolute atomic E-state index is 13.7. The van der Waals surface area contributed by atoms with E-state index in [1.807, 2.05) is 0 Å². The fraction of sp³-hybridized carbons (Fsp3) is 0.529. The van der Waals surface area contributed by atoms with E-state index in [9.17, 15) is 13.6 Å². The Morgan fingerprint density at radius 3 is 2.78 bits per heavy atom. The quantitative estimate of drug-likeness (QED) is 0.839. The number of halogens is 2. The van der Waals surface area contributed by atoms with Crippen molar-refractivity contribution in [3.05, 3.63) is 23.8 Å². The summed E-state index contributed by atoms with van der Waals surface area (Å²) in [4.78, 5) is 16.6. The Balaban J connectivity index is 1.79. The average Bonchev–Trinajstić information content (AvgIpc) is 2.78. The lowest BCUT2D eigenvalue weighted by molar-refractivity contribution is -0.122. The zero-order valence-corrected chi connectivity index (χ0v) is 14.3. The molecule has 1 fully saturated rings. The SMILES string of the molecule is CC1CC(C(=O)Nc2nc3c(F)cc(F)cc3s2)CC(C)(C)C1. The third kappa shape index (κ3) is 3.52. The summed E-state index contributed by atoms with van der Waals surface area (Å²) in [5.74, 6) is -0.994. The number of carbonyl (C=O) groups excluding carboxylic acids is 1. The number of rotatable bonds is 2. The van der Waals surface area contributed by atoms with Gasteiger partial charge in [-0.1, -0.05) is 32.1 Å². The number of hydrogen-bond acceptors (Lipinski definition) is 3. The molecule has 1 aromatic heterocycles. The van der Waals surface area contributed by atoms with Gasteiger partial charge in [0.15, 0.2) is 10.9 Å². The standard InChI is InChI=1S/C17H20F2N2OS/c1-9-4-10(8-17(2,3)7-9)15(22)21-16-20-14-12(19)5-11(18)6-13(14)23-16/h5-6,9-10H,4,7-8H2,1-3H3,(H,20,21,22). The summed E-state index contributed by atoms with van der Waals surface area (Å²) in [6, 6.07) is 2.04. The van der Waals surface area contributed by atoms with Crippen LogP contribution in [0.5, 0.6) is 0 Å². The van der Waals surface area contributed by atoms with Crippen molar-refractivity contribution in [2.45, 2.75) is 40.0 Å². The summed E-state index contributed by atoms with van der Waals surface area (Å²) in [6.45, 7) is 6.52. The van der Waals surface area contributed by atoms with Gasteiger partial charge < -0.3 is 5.32 Å². The van der Waals surface area contributed by atoms with Gasteiger partial charge in [0, 0.05) is 12.0 Å². The molecule has 2 aromatic rings. The summed E-state index contributed by atoms with van der Waals surface area (Å²) in [5.41, 5.74) is 0.242. The predicted octanol–water partition coefficient (Wildman–Crippen LogP) is 4.98. The van der Waals surface area contributed by atoms with Gasteiger partial charge in [0.1, 0.15) is 11.3 Å². The number of hydrogen-bond donors (Lipinski definition) is 1. The molecular weight excluding hydrogens is 318 g/mol. The van der Waals surface area contributed by atoms with Crippen LogP contribution in [0.2, 0.25) is 0 Å². The first kappa shape index (κ1) is 16.3. The van der Waals surface area contributed by atoms with Gasteiger partial charge in [-0.3, -0.25) is 4.79 Å². The van der Waals surface area contributed by atoms with Crippen LogP contribution in [0, 0.1) is 28.9 Å². The van der Waals surface area contributed by atoms with E-state index in [1.165, 1.54) is 6.07 Å². The van der Waals surface area contributed by atoms with Gasteiger partial charge in [-0.05, 0) is 36.7 Å². The summed E-state index contributed by atoms with van der Waals surface area (Å²) in [6.07, 6.45) is 2.79. The lowest BCUT2D eigenvalue weighted by Crippen LogP contribution is -2.34. The smallest absolute Gasteiger partial charge is 0.229 e. The minimum Gasteiger partial charge on any atom is -0.302 e. The molecule has 124 valence electrons. The molecule has 0 aliphatic heterocycles. The molecule has 3 rings (SSSR count). The number of carbonyl (C=O) groups is 1. The lowest BCUT2D eigenvalue weighted by atomic mass is 9.68. The van der Waals surface area contributed by atoms with E-state index in [-0.39, 0.29) is 22.8 Å². The second kappa shape index (κ2) is 5.82. The molecule has 2 unspecified atom stereocenters. The molecule has 3 nitrogen and oxygen atoms in total. The highest BCUT2D eigenvalue weighted by molar-refractivity contribution is 7.22. The zero-order chi connectivity index (χ0) is 16.8. The van der Waals surface area contributed by atoms with Gasteiger partial charge in [0.05, 0.1) is 4.70 Å². The Morgan fingerprint density at radius 2 is 2.09 bits per heavy atom. The van der Waals surface area contributed by atoms with E-state index in [0.717, 1.165) is 36.7 Å². The van der Waals surface area contributed by atoms with Gasteiger partial charge in [-0.2, -0.15) is 0 Å². The molecule has 2 atom stereocenters. The van der Waals surface area contributed by atoms with Gasteiger partial charge in [0.25, 0.3) is 0 Å². The Labute approximate surface area is 138 Å². The number of thiazole rings is 1. The monoisotopic (exact) mass is 338 g/mol. The average molecular weight is 338 g/mol. The fourth-order valence-electron chi connectivity index (χ4n) is 3.76. The van der Waals surface area contributed by atoms with E-state index in [0.29, 0.717) is 15.7 Å². The molecule has 1 saturated carbocycles. The summed E-state index contributed by atoms with van der Waals surface area (Å²) in [5, 5.41) is 3.11. The number of nitrogens with one attached hydrogen (secondary N) is 1. The molecular formula is C17H20F2N2OS. The molecule has 1 aliphatic rings. The highest BCUT2D eigenvalue weighted by atomic mass is 32.1. The molecule has 23 heavy (non-hydrogen) atoms. The topological polar surface area (TPSA) is 42.0 Å². The van der Waals surface area contributed by atoms with E-state index in [4.69, 9.17) is 0 Å². The third-order valence-electron chi connectivity index (χ3n) is 4.40.